The molecule has 1 amide bonds. The van der Waals surface area contributed by atoms with E-state index in [4.69, 9.17) is 0 Å². The van der Waals surface area contributed by atoms with Crippen LogP contribution in [-0.4, -0.2) is 55.1 Å². The highest BCUT2D eigenvalue weighted by atomic mass is 16.2. The standard InChI is InChI=1S/C9H19N3O/c1-7-9(13)12(8(2)10-7)6-5-11(3)4/h7-8,10H,5-6H2,1-4H3. The molecule has 2 atom stereocenters. The first kappa shape index (κ1) is 10.5. The summed E-state index contributed by atoms with van der Waals surface area (Å²) in [6.45, 7) is 5.67. The van der Waals surface area contributed by atoms with Crippen LogP contribution in [0.2, 0.25) is 0 Å². The molecule has 0 saturated carbocycles. The van der Waals surface area contributed by atoms with Crippen LogP contribution in [0.25, 0.3) is 0 Å². The van der Waals surface area contributed by atoms with Crippen LogP contribution in [0.3, 0.4) is 0 Å². The van der Waals surface area contributed by atoms with Crippen molar-refractivity contribution in [2.75, 3.05) is 27.2 Å². The molecule has 1 rings (SSSR count). The maximum absolute atomic E-state index is 11.6. The molecule has 1 N–H and O–H groups in total. The lowest BCUT2D eigenvalue weighted by atomic mass is 10.3. The van der Waals surface area contributed by atoms with Crippen LogP contribution in [0.15, 0.2) is 0 Å². The summed E-state index contributed by atoms with van der Waals surface area (Å²) < 4.78 is 0. The fourth-order valence-electron chi connectivity index (χ4n) is 1.57. The van der Waals surface area contributed by atoms with Gasteiger partial charge in [-0.05, 0) is 27.9 Å². The Morgan fingerprint density at radius 2 is 2.08 bits per heavy atom. The van der Waals surface area contributed by atoms with E-state index in [0.717, 1.165) is 13.1 Å². The average molecular weight is 185 g/mol. The maximum Gasteiger partial charge on any atom is 0.240 e. The molecule has 76 valence electrons. The molecule has 0 aliphatic carbocycles. The first-order chi connectivity index (χ1) is 6.02. The molecule has 1 aliphatic rings. The van der Waals surface area contributed by atoms with Gasteiger partial charge in [0.25, 0.3) is 0 Å². The average Bonchev–Trinajstić information content (AvgIpc) is 2.24. The minimum atomic E-state index is -0.0165. The number of rotatable bonds is 3. The topological polar surface area (TPSA) is 35.6 Å². The Kier molecular flexibility index (Phi) is 3.27. The lowest BCUT2D eigenvalue weighted by molar-refractivity contribution is -0.129. The van der Waals surface area contributed by atoms with E-state index >= 15 is 0 Å². The molecule has 1 heterocycles. The smallest absolute Gasteiger partial charge is 0.240 e. The third-order valence-electron chi connectivity index (χ3n) is 2.40. The van der Waals surface area contributed by atoms with Gasteiger partial charge in [-0.1, -0.05) is 0 Å². The van der Waals surface area contributed by atoms with Crippen LogP contribution in [0, 0.1) is 0 Å². The summed E-state index contributed by atoms with van der Waals surface area (Å²) in [5.74, 6) is 0.217. The van der Waals surface area contributed by atoms with Gasteiger partial charge in [-0.3, -0.25) is 10.1 Å². The molecule has 0 aromatic heterocycles. The molecular weight excluding hydrogens is 166 g/mol. The second-order valence-corrected chi connectivity index (χ2v) is 3.90. The Morgan fingerprint density at radius 1 is 1.46 bits per heavy atom. The summed E-state index contributed by atoms with van der Waals surface area (Å²) in [4.78, 5) is 15.6. The molecular formula is C9H19N3O. The molecule has 2 unspecified atom stereocenters. The first-order valence-corrected chi connectivity index (χ1v) is 4.73. The third kappa shape index (κ3) is 2.42. The zero-order chi connectivity index (χ0) is 10.0. The Hall–Kier alpha value is -0.610. The van der Waals surface area contributed by atoms with Gasteiger partial charge in [0, 0.05) is 13.1 Å². The highest BCUT2D eigenvalue weighted by molar-refractivity contribution is 5.83. The molecule has 0 bridgehead atoms. The second-order valence-electron chi connectivity index (χ2n) is 3.90. The molecule has 4 nitrogen and oxygen atoms in total. The Morgan fingerprint density at radius 3 is 2.46 bits per heavy atom. The van der Waals surface area contributed by atoms with Gasteiger partial charge in [0.2, 0.25) is 5.91 Å². The van der Waals surface area contributed by atoms with Gasteiger partial charge in [0.05, 0.1) is 12.2 Å². The van der Waals surface area contributed by atoms with E-state index in [2.05, 4.69) is 10.2 Å². The van der Waals surface area contributed by atoms with Gasteiger partial charge in [-0.2, -0.15) is 0 Å². The van der Waals surface area contributed by atoms with Gasteiger partial charge < -0.3 is 9.80 Å². The van der Waals surface area contributed by atoms with Crippen molar-refractivity contribution >= 4 is 5.91 Å². The van der Waals surface area contributed by atoms with Crippen LogP contribution in [0.5, 0.6) is 0 Å². The van der Waals surface area contributed by atoms with E-state index in [0.29, 0.717) is 0 Å². The van der Waals surface area contributed by atoms with E-state index in [1.807, 2.05) is 32.8 Å². The van der Waals surface area contributed by atoms with Crippen LogP contribution in [0.4, 0.5) is 0 Å². The minimum absolute atomic E-state index is 0.0165. The zero-order valence-corrected chi connectivity index (χ0v) is 8.87. The predicted molar refractivity (Wildman–Crippen MR) is 52.3 cm³/mol. The van der Waals surface area contributed by atoms with Crippen molar-refractivity contribution in [2.45, 2.75) is 26.1 Å². The summed E-state index contributed by atoms with van der Waals surface area (Å²) >= 11 is 0. The van der Waals surface area contributed by atoms with Crippen molar-refractivity contribution in [3.8, 4) is 0 Å². The van der Waals surface area contributed by atoms with Gasteiger partial charge in [0.15, 0.2) is 0 Å². The van der Waals surface area contributed by atoms with E-state index in [1.54, 1.807) is 0 Å². The number of hydrogen-bond acceptors (Lipinski definition) is 3. The number of carbonyl (C=O) groups is 1. The van der Waals surface area contributed by atoms with Gasteiger partial charge in [0.1, 0.15) is 0 Å². The van der Waals surface area contributed by atoms with Crippen molar-refractivity contribution in [2.24, 2.45) is 0 Å². The van der Waals surface area contributed by atoms with Gasteiger partial charge in [-0.25, -0.2) is 0 Å². The highest BCUT2D eigenvalue weighted by Crippen LogP contribution is 2.09. The molecule has 1 fully saturated rings. The van der Waals surface area contributed by atoms with Crippen molar-refractivity contribution in [3.63, 3.8) is 0 Å². The van der Waals surface area contributed by atoms with E-state index in [1.165, 1.54) is 0 Å². The van der Waals surface area contributed by atoms with Crippen LogP contribution < -0.4 is 5.32 Å². The summed E-state index contributed by atoms with van der Waals surface area (Å²) in [7, 11) is 4.03. The summed E-state index contributed by atoms with van der Waals surface area (Å²) in [5, 5.41) is 3.20. The maximum atomic E-state index is 11.6. The largest absolute Gasteiger partial charge is 0.325 e. The summed E-state index contributed by atoms with van der Waals surface area (Å²) in [6.07, 6.45) is 0.183. The molecule has 4 heteroatoms. The van der Waals surface area contributed by atoms with Crippen molar-refractivity contribution in [1.82, 2.24) is 15.1 Å². The second kappa shape index (κ2) is 4.07. The minimum Gasteiger partial charge on any atom is -0.325 e. The SMILES string of the molecule is CC1NC(C)N(CCN(C)C)C1=O. The van der Waals surface area contributed by atoms with Crippen LogP contribution in [-0.2, 0) is 4.79 Å². The molecule has 0 spiro atoms. The molecule has 0 aromatic carbocycles. The zero-order valence-electron chi connectivity index (χ0n) is 8.87. The number of hydrogen-bond donors (Lipinski definition) is 1. The number of nitrogens with zero attached hydrogens (tertiary/aromatic N) is 2. The number of nitrogens with one attached hydrogen (secondary N) is 1. The fourth-order valence-corrected chi connectivity index (χ4v) is 1.57. The van der Waals surface area contributed by atoms with Crippen molar-refractivity contribution in [3.05, 3.63) is 0 Å². The van der Waals surface area contributed by atoms with E-state index < -0.39 is 0 Å². The highest BCUT2D eigenvalue weighted by Gasteiger charge is 2.32. The lowest BCUT2D eigenvalue weighted by Crippen LogP contribution is -2.39. The lowest BCUT2D eigenvalue weighted by Gasteiger charge is -2.22. The molecule has 1 aliphatic heterocycles. The number of likely N-dealkylation sites (N-methyl/N-ethyl adjacent to an activating group) is 1. The van der Waals surface area contributed by atoms with Gasteiger partial charge in [-0.15, -0.1) is 0 Å². The summed E-state index contributed by atoms with van der Waals surface area (Å²) in [6, 6.07) is -0.0165. The number of amides is 1. The monoisotopic (exact) mass is 185 g/mol. The van der Waals surface area contributed by atoms with Crippen molar-refractivity contribution < 1.29 is 4.79 Å². The Bertz CT molecular complexity index is 193. The van der Waals surface area contributed by atoms with Crippen molar-refractivity contribution in [1.29, 1.82) is 0 Å². The Balaban J connectivity index is 2.44. The van der Waals surface area contributed by atoms with E-state index in [9.17, 15) is 4.79 Å². The predicted octanol–water partition coefficient (Wildman–Crippen LogP) is -0.286. The molecule has 0 aromatic rings. The molecule has 13 heavy (non-hydrogen) atoms. The molecule has 0 radical (unpaired) electrons. The van der Waals surface area contributed by atoms with Gasteiger partial charge >= 0.3 is 0 Å². The first-order valence-electron chi connectivity index (χ1n) is 4.73. The fraction of sp³-hybridized carbons (Fsp3) is 0.889. The third-order valence-corrected chi connectivity index (χ3v) is 2.40. The summed E-state index contributed by atoms with van der Waals surface area (Å²) in [5.41, 5.74) is 0. The molecule has 1 saturated heterocycles. The normalized spacial score (nSPS) is 29.0. The Labute approximate surface area is 79.9 Å². The van der Waals surface area contributed by atoms with Crippen LogP contribution >= 0.6 is 0 Å². The number of carbonyl (C=O) groups excluding carboxylic acids is 1. The van der Waals surface area contributed by atoms with E-state index in [-0.39, 0.29) is 18.1 Å². The quantitative estimate of drug-likeness (QED) is 0.656. The van der Waals surface area contributed by atoms with Crippen LogP contribution in [0.1, 0.15) is 13.8 Å².